The summed E-state index contributed by atoms with van der Waals surface area (Å²) < 4.78 is 1.04. The van der Waals surface area contributed by atoms with Gasteiger partial charge in [0.15, 0.2) is 0 Å². The zero-order valence-corrected chi connectivity index (χ0v) is 12.7. The fraction of sp³-hybridized carbons (Fsp3) is 0.500. The highest BCUT2D eigenvalue weighted by Crippen LogP contribution is 2.31. The molecule has 1 N–H and O–H groups in total. The maximum absolute atomic E-state index is 12.3. The van der Waals surface area contributed by atoms with Crippen molar-refractivity contribution in [2.75, 3.05) is 18.0 Å². The Hall–Kier alpha value is -0.870. The molecule has 1 amide bonds. The van der Waals surface area contributed by atoms with E-state index in [0.717, 1.165) is 23.1 Å². The van der Waals surface area contributed by atoms with Crippen LogP contribution in [0.25, 0.3) is 0 Å². The summed E-state index contributed by atoms with van der Waals surface area (Å²) in [6, 6.07) is 6.09. The van der Waals surface area contributed by atoms with Crippen molar-refractivity contribution in [2.45, 2.75) is 32.7 Å². The molecule has 0 unspecified atom stereocenters. The Bertz CT molecular complexity index is 471. The Morgan fingerprint density at radius 1 is 1.39 bits per heavy atom. The first kappa shape index (κ1) is 13.6. The highest BCUT2D eigenvalue weighted by Gasteiger charge is 2.33. The SMILES string of the molecule is Cc1ccc(N2C(=O)CNCCC2(C)C)cc1Br. The van der Waals surface area contributed by atoms with Crippen molar-refractivity contribution in [3.63, 3.8) is 0 Å². The van der Waals surface area contributed by atoms with Gasteiger partial charge in [0.1, 0.15) is 0 Å². The van der Waals surface area contributed by atoms with E-state index in [2.05, 4.69) is 35.1 Å². The maximum atomic E-state index is 12.3. The molecule has 1 saturated heterocycles. The first-order chi connectivity index (χ1) is 8.42. The van der Waals surface area contributed by atoms with E-state index < -0.39 is 0 Å². The number of anilines is 1. The number of halogens is 1. The predicted molar refractivity (Wildman–Crippen MR) is 77.9 cm³/mol. The average molecular weight is 311 g/mol. The lowest BCUT2D eigenvalue weighted by Crippen LogP contribution is -2.48. The molecule has 0 aliphatic carbocycles. The van der Waals surface area contributed by atoms with Crippen LogP contribution in [0.4, 0.5) is 5.69 Å². The van der Waals surface area contributed by atoms with Crippen LogP contribution in [0.1, 0.15) is 25.8 Å². The van der Waals surface area contributed by atoms with E-state index in [9.17, 15) is 4.79 Å². The summed E-state index contributed by atoms with van der Waals surface area (Å²) in [7, 11) is 0. The minimum Gasteiger partial charge on any atom is -0.308 e. The zero-order valence-electron chi connectivity index (χ0n) is 11.1. The van der Waals surface area contributed by atoms with Gasteiger partial charge >= 0.3 is 0 Å². The van der Waals surface area contributed by atoms with Crippen molar-refractivity contribution in [2.24, 2.45) is 0 Å². The highest BCUT2D eigenvalue weighted by molar-refractivity contribution is 9.10. The molecule has 0 bridgehead atoms. The fourth-order valence-corrected chi connectivity index (χ4v) is 2.70. The van der Waals surface area contributed by atoms with Gasteiger partial charge in [-0.05, 0) is 51.4 Å². The summed E-state index contributed by atoms with van der Waals surface area (Å²) in [6.45, 7) is 7.57. The molecule has 0 aromatic heterocycles. The van der Waals surface area contributed by atoms with E-state index in [1.54, 1.807) is 0 Å². The van der Waals surface area contributed by atoms with E-state index in [0.29, 0.717) is 6.54 Å². The Labute approximate surface area is 117 Å². The monoisotopic (exact) mass is 310 g/mol. The van der Waals surface area contributed by atoms with Gasteiger partial charge in [0.2, 0.25) is 5.91 Å². The summed E-state index contributed by atoms with van der Waals surface area (Å²) in [5.74, 6) is 0.133. The number of carbonyl (C=O) groups is 1. The first-order valence-corrected chi connectivity index (χ1v) is 7.01. The summed E-state index contributed by atoms with van der Waals surface area (Å²) in [4.78, 5) is 14.2. The molecule has 1 aromatic rings. The second kappa shape index (κ2) is 5.02. The molecule has 2 rings (SSSR count). The van der Waals surface area contributed by atoms with E-state index in [-0.39, 0.29) is 11.4 Å². The number of carbonyl (C=O) groups excluding carboxylic acids is 1. The molecule has 1 aliphatic rings. The van der Waals surface area contributed by atoms with Gasteiger partial charge in [0, 0.05) is 15.7 Å². The molecule has 1 fully saturated rings. The molecule has 0 atom stereocenters. The summed E-state index contributed by atoms with van der Waals surface area (Å²) in [5.41, 5.74) is 1.98. The van der Waals surface area contributed by atoms with Gasteiger partial charge in [-0.3, -0.25) is 4.79 Å². The third kappa shape index (κ3) is 2.59. The van der Waals surface area contributed by atoms with Crippen molar-refractivity contribution in [1.29, 1.82) is 0 Å². The van der Waals surface area contributed by atoms with Gasteiger partial charge < -0.3 is 10.2 Å². The predicted octanol–water partition coefficient (Wildman–Crippen LogP) is 2.86. The number of nitrogens with zero attached hydrogens (tertiary/aromatic N) is 1. The number of amides is 1. The number of benzene rings is 1. The van der Waals surface area contributed by atoms with E-state index >= 15 is 0 Å². The van der Waals surface area contributed by atoms with Crippen LogP contribution in [0, 0.1) is 6.92 Å². The summed E-state index contributed by atoms with van der Waals surface area (Å²) >= 11 is 3.54. The first-order valence-electron chi connectivity index (χ1n) is 6.22. The third-order valence-corrected chi connectivity index (χ3v) is 4.31. The van der Waals surface area contributed by atoms with Crippen LogP contribution in [-0.2, 0) is 4.79 Å². The van der Waals surface area contributed by atoms with Crippen molar-refractivity contribution in [3.05, 3.63) is 28.2 Å². The minimum absolute atomic E-state index is 0.133. The summed E-state index contributed by atoms with van der Waals surface area (Å²) in [6.07, 6.45) is 0.949. The molecule has 0 spiro atoms. The van der Waals surface area contributed by atoms with Crippen LogP contribution in [0.2, 0.25) is 0 Å². The Morgan fingerprint density at radius 3 is 2.78 bits per heavy atom. The van der Waals surface area contributed by atoms with Crippen LogP contribution >= 0.6 is 15.9 Å². The molecular weight excluding hydrogens is 292 g/mol. The van der Waals surface area contributed by atoms with Crippen LogP contribution in [-0.4, -0.2) is 24.5 Å². The second-order valence-electron chi connectivity index (χ2n) is 5.40. The molecule has 1 aliphatic heterocycles. The van der Waals surface area contributed by atoms with Gasteiger partial charge in [0.05, 0.1) is 6.54 Å². The van der Waals surface area contributed by atoms with E-state index in [1.165, 1.54) is 5.56 Å². The standard InChI is InChI=1S/C14H19BrN2O/c1-10-4-5-11(8-12(10)15)17-13(18)9-16-7-6-14(17,2)3/h4-5,8,16H,6-7,9H2,1-3H3. The fourth-order valence-electron chi connectivity index (χ4n) is 2.33. The van der Waals surface area contributed by atoms with Crippen molar-refractivity contribution < 1.29 is 4.79 Å². The lowest BCUT2D eigenvalue weighted by atomic mass is 9.97. The molecule has 4 heteroatoms. The average Bonchev–Trinajstić information content (AvgIpc) is 2.41. The molecule has 0 radical (unpaired) electrons. The molecule has 1 aromatic carbocycles. The van der Waals surface area contributed by atoms with Crippen molar-refractivity contribution in [1.82, 2.24) is 5.32 Å². The molecule has 98 valence electrons. The van der Waals surface area contributed by atoms with E-state index in [1.807, 2.05) is 30.0 Å². The molecule has 1 heterocycles. The number of aryl methyl sites for hydroxylation is 1. The van der Waals surface area contributed by atoms with Gasteiger partial charge in [-0.25, -0.2) is 0 Å². The molecule has 0 saturated carbocycles. The van der Waals surface area contributed by atoms with E-state index in [4.69, 9.17) is 0 Å². The lowest BCUT2D eigenvalue weighted by molar-refractivity contribution is -0.118. The van der Waals surface area contributed by atoms with Gasteiger partial charge in [-0.15, -0.1) is 0 Å². The molecular formula is C14H19BrN2O. The minimum atomic E-state index is -0.157. The smallest absolute Gasteiger partial charge is 0.241 e. The maximum Gasteiger partial charge on any atom is 0.241 e. The van der Waals surface area contributed by atoms with Crippen LogP contribution in [0.15, 0.2) is 22.7 Å². The Balaban J connectivity index is 2.43. The Morgan fingerprint density at radius 2 is 2.11 bits per heavy atom. The zero-order chi connectivity index (χ0) is 13.3. The second-order valence-corrected chi connectivity index (χ2v) is 6.26. The van der Waals surface area contributed by atoms with Crippen molar-refractivity contribution in [3.8, 4) is 0 Å². The lowest BCUT2D eigenvalue weighted by Gasteiger charge is -2.37. The number of hydrogen-bond acceptors (Lipinski definition) is 2. The molecule has 3 nitrogen and oxygen atoms in total. The van der Waals surface area contributed by atoms with Crippen molar-refractivity contribution >= 4 is 27.5 Å². The third-order valence-electron chi connectivity index (χ3n) is 3.46. The van der Waals surface area contributed by atoms with Gasteiger partial charge in [0.25, 0.3) is 0 Å². The van der Waals surface area contributed by atoms with Gasteiger partial charge in [-0.1, -0.05) is 22.0 Å². The van der Waals surface area contributed by atoms with Crippen LogP contribution in [0.3, 0.4) is 0 Å². The largest absolute Gasteiger partial charge is 0.308 e. The highest BCUT2D eigenvalue weighted by atomic mass is 79.9. The number of hydrogen-bond donors (Lipinski definition) is 1. The normalized spacial score (nSPS) is 19.8. The van der Waals surface area contributed by atoms with Gasteiger partial charge in [-0.2, -0.15) is 0 Å². The topological polar surface area (TPSA) is 32.3 Å². The summed E-state index contributed by atoms with van der Waals surface area (Å²) in [5, 5.41) is 3.18. The quantitative estimate of drug-likeness (QED) is 0.865. The van der Waals surface area contributed by atoms with Crippen LogP contribution in [0.5, 0.6) is 0 Å². The molecule has 18 heavy (non-hydrogen) atoms. The van der Waals surface area contributed by atoms with Crippen LogP contribution < -0.4 is 10.2 Å². The number of nitrogens with one attached hydrogen (secondary N) is 1. The number of rotatable bonds is 1. The Kier molecular flexibility index (Phi) is 3.78.